The maximum Gasteiger partial charge on any atom is 0.407 e. The van der Waals surface area contributed by atoms with Gasteiger partial charge < -0.3 is 20.5 Å². The van der Waals surface area contributed by atoms with Crippen LogP contribution >= 0.6 is 0 Å². The Morgan fingerprint density at radius 2 is 2.00 bits per heavy atom. The summed E-state index contributed by atoms with van der Waals surface area (Å²) in [5.74, 6) is 0. The van der Waals surface area contributed by atoms with Crippen LogP contribution in [0.4, 0.5) is 4.79 Å². The Morgan fingerprint density at radius 1 is 1.38 bits per heavy atom. The van der Waals surface area contributed by atoms with Crippen LogP contribution in [-0.2, 0) is 4.74 Å². The van der Waals surface area contributed by atoms with E-state index in [2.05, 4.69) is 10.6 Å². The van der Waals surface area contributed by atoms with E-state index in [0.29, 0.717) is 13.1 Å². The maximum absolute atomic E-state index is 11.3. The van der Waals surface area contributed by atoms with Crippen molar-refractivity contribution >= 4 is 6.09 Å². The van der Waals surface area contributed by atoms with E-state index in [1.165, 1.54) is 0 Å². The van der Waals surface area contributed by atoms with Crippen LogP contribution in [0, 0.1) is 0 Å². The summed E-state index contributed by atoms with van der Waals surface area (Å²) in [6.45, 7) is 6.82. The fourth-order valence-corrected chi connectivity index (χ4v) is 1.35. The predicted molar refractivity (Wildman–Crippen MR) is 61.3 cm³/mol. The molecule has 1 amide bonds. The van der Waals surface area contributed by atoms with E-state index < -0.39 is 11.7 Å². The molecule has 0 aliphatic heterocycles. The van der Waals surface area contributed by atoms with Gasteiger partial charge in [-0.05, 0) is 33.6 Å². The number of carbonyl (C=O) groups excluding carboxylic acids is 1. The molecule has 1 fully saturated rings. The zero-order valence-electron chi connectivity index (χ0n) is 10.3. The van der Waals surface area contributed by atoms with Crippen molar-refractivity contribution in [1.29, 1.82) is 0 Å². The largest absolute Gasteiger partial charge is 0.444 e. The molecular weight excluding hydrogens is 208 g/mol. The lowest BCUT2D eigenvalue weighted by Crippen LogP contribution is -2.41. The Morgan fingerprint density at radius 3 is 2.44 bits per heavy atom. The number of hydrogen-bond acceptors (Lipinski definition) is 4. The van der Waals surface area contributed by atoms with Crippen LogP contribution in [0.15, 0.2) is 0 Å². The van der Waals surface area contributed by atoms with Crippen LogP contribution in [0.1, 0.15) is 33.6 Å². The lowest BCUT2D eigenvalue weighted by Gasteiger charge is -2.20. The predicted octanol–water partition coefficient (Wildman–Crippen LogP) is 0.626. The van der Waals surface area contributed by atoms with Crippen molar-refractivity contribution in [2.75, 3.05) is 19.7 Å². The molecule has 0 aromatic heterocycles. The van der Waals surface area contributed by atoms with Gasteiger partial charge in [-0.2, -0.15) is 0 Å². The molecule has 0 radical (unpaired) electrons. The van der Waals surface area contributed by atoms with Crippen LogP contribution in [-0.4, -0.2) is 42.0 Å². The Kier molecular flexibility index (Phi) is 4.15. The average Bonchev–Trinajstić information content (AvgIpc) is 2.90. The van der Waals surface area contributed by atoms with Crippen molar-refractivity contribution in [3.05, 3.63) is 0 Å². The molecule has 1 saturated carbocycles. The summed E-state index contributed by atoms with van der Waals surface area (Å²) >= 11 is 0. The highest BCUT2D eigenvalue weighted by molar-refractivity contribution is 5.67. The van der Waals surface area contributed by atoms with E-state index in [9.17, 15) is 4.79 Å². The third-order valence-electron chi connectivity index (χ3n) is 2.45. The molecule has 0 heterocycles. The molecule has 5 heteroatoms. The summed E-state index contributed by atoms with van der Waals surface area (Å²) in [6, 6.07) is 0. The minimum absolute atomic E-state index is 0.0738. The standard InChI is InChI=1S/C11H22N2O3/c1-10(2,3)16-9(15)12-6-7-13-11(8-14)4-5-11/h13-14H,4-8H2,1-3H3,(H,12,15). The number of carbonyl (C=O) groups is 1. The van der Waals surface area contributed by atoms with Gasteiger partial charge in [0.25, 0.3) is 0 Å². The van der Waals surface area contributed by atoms with E-state index in [4.69, 9.17) is 9.84 Å². The summed E-state index contributed by atoms with van der Waals surface area (Å²) in [7, 11) is 0. The molecule has 1 rings (SSSR count). The Balaban J connectivity index is 2.05. The van der Waals surface area contributed by atoms with E-state index in [0.717, 1.165) is 12.8 Å². The Hall–Kier alpha value is -0.810. The van der Waals surface area contributed by atoms with E-state index in [-0.39, 0.29) is 12.1 Å². The fraction of sp³-hybridized carbons (Fsp3) is 0.909. The lowest BCUT2D eigenvalue weighted by atomic mass is 10.2. The minimum atomic E-state index is -0.458. The van der Waals surface area contributed by atoms with E-state index in [1.807, 2.05) is 20.8 Å². The first-order valence-electron chi connectivity index (χ1n) is 5.70. The summed E-state index contributed by atoms with van der Waals surface area (Å²) in [6.07, 6.45) is 1.62. The molecular formula is C11H22N2O3. The number of aliphatic hydroxyl groups is 1. The molecule has 5 nitrogen and oxygen atoms in total. The summed E-state index contributed by atoms with van der Waals surface area (Å²) in [4.78, 5) is 11.3. The molecule has 0 aromatic carbocycles. The first kappa shape index (κ1) is 13.3. The number of amides is 1. The normalized spacial score (nSPS) is 18.0. The Bertz CT molecular complexity index is 244. The van der Waals surface area contributed by atoms with Crippen molar-refractivity contribution in [3.8, 4) is 0 Å². The molecule has 1 aliphatic carbocycles. The molecule has 94 valence electrons. The van der Waals surface area contributed by atoms with Gasteiger partial charge in [-0.25, -0.2) is 4.79 Å². The van der Waals surface area contributed by atoms with E-state index >= 15 is 0 Å². The Labute approximate surface area is 96.6 Å². The highest BCUT2D eigenvalue weighted by Gasteiger charge is 2.41. The second-order valence-corrected chi connectivity index (χ2v) is 5.29. The third-order valence-corrected chi connectivity index (χ3v) is 2.45. The molecule has 0 spiro atoms. The maximum atomic E-state index is 11.3. The van der Waals surface area contributed by atoms with Gasteiger partial charge in [0.05, 0.1) is 6.61 Å². The second-order valence-electron chi connectivity index (χ2n) is 5.29. The van der Waals surface area contributed by atoms with Crippen LogP contribution in [0.2, 0.25) is 0 Å². The lowest BCUT2D eigenvalue weighted by molar-refractivity contribution is 0.0527. The summed E-state index contributed by atoms with van der Waals surface area (Å²) in [5, 5.41) is 14.9. The van der Waals surface area contributed by atoms with Crippen molar-refractivity contribution in [2.45, 2.75) is 44.8 Å². The van der Waals surface area contributed by atoms with Crippen LogP contribution < -0.4 is 10.6 Å². The SMILES string of the molecule is CC(C)(C)OC(=O)NCCNC1(CO)CC1. The second kappa shape index (κ2) is 5.01. The average molecular weight is 230 g/mol. The number of nitrogens with one attached hydrogen (secondary N) is 2. The van der Waals surface area contributed by atoms with Gasteiger partial charge in [0.2, 0.25) is 0 Å². The zero-order valence-corrected chi connectivity index (χ0v) is 10.3. The smallest absolute Gasteiger partial charge is 0.407 e. The molecule has 0 saturated heterocycles. The number of alkyl carbamates (subject to hydrolysis) is 1. The van der Waals surface area contributed by atoms with Crippen molar-refractivity contribution in [2.24, 2.45) is 0 Å². The molecule has 0 atom stereocenters. The molecule has 0 unspecified atom stereocenters. The quantitative estimate of drug-likeness (QED) is 0.606. The highest BCUT2D eigenvalue weighted by Crippen LogP contribution is 2.34. The van der Waals surface area contributed by atoms with Gasteiger partial charge in [-0.3, -0.25) is 0 Å². The number of aliphatic hydroxyl groups excluding tert-OH is 1. The van der Waals surface area contributed by atoms with Crippen molar-refractivity contribution in [1.82, 2.24) is 10.6 Å². The van der Waals surface area contributed by atoms with Crippen molar-refractivity contribution in [3.63, 3.8) is 0 Å². The highest BCUT2D eigenvalue weighted by atomic mass is 16.6. The molecule has 1 aliphatic rings. The third kappa shape index (κ3) is 4.81. The van der Waals surface area contributed by atoms with Gasteiger partial charge in [0.1, 0.15) is 5.60 Å². The number of ether oxygens (including phenoxy) is 1. The minimum Gasteiger partial charge on any atom is -0.444 e. The van der Waals surface area contributed by atoms with Crippen LogP contribution in [0.25, 0.3) is 0 Å². The van der Waals surface area contributed by atoms with Crippen LogP contribution in [0.5, 0.6) is 0 Å². The van der Waals surface area contributed by atoms with Gasteiger partial charge in [-0.15, -0.1) is 0 Å². The topological polar surface area (TPSA) is 70.6 Å². The summed E-state index contributed by atoms with van der Waals surface area (Å²) in [5.41, 5.74) is -0.532. The molecule has 0 aromatic rings. The van der Waals surface area contributed by atoms with Gasteiger partial charge in [-0.1, -0.05) is 0 Å². The zero-order chi connectivity index (χ0) is 12.2. The van der Waals surface area contributed by atoms with E-state index in [1.54, 1.807) is 0 Å². The molecule has 3 N–H and O–H groups in total. The molecule has 0 bridgehead atoms. The van der Waals surface area contributed by atoms with Gasteiger partial charge in [0.15, 0.2) is 0 Å². The first-order chi connectivity index (χ1) is 7.37. The summed E-state index contributed by atoms with van der Waals surface area (Å²) < 4.78 is 5.08. The monoisotopic (exact) mass is 230 g/mol. The number of rotatable bonds is 5. The van der Waals surface area contributed by atoms with Crippen LogP contribution in [0.3, 0.4) is 0 Å². The van der Waals surface area contributed by atoms with Crippen molar-refractivity contribution < 1.29 is 14.6 Å². The molecule has 16 heavy (non-hydrogen) atoms. The fourth-order valence-electron chi connectivity index (χ4n) is 1.35. The van der Waals surface area contributed by atoms with Gasteiger partial charge >= 0.3 is 6.09 Å². The van der Waals surface area contributed by atoms with Gasteiger partial charge in [0, 0.05) is 18.6 Å². The first-order valence-corrected chi connectivity index (χ1v) is 5.70. The number of hydrogen-bond donors (Lipinski definition) is 3.